The average molecular weight is 471 g/mol. The fourth-order valence-electron chi connectivity index (χ4n) is 2.89. The van der Waals surface area contributed by atoms with Crippen molar-refractivity contribution in [3.63, 3.8) is 0 Å². The Morgan fingerprint density at radius 2 is 1.87 bits per heavy atom. The predicted molar refractivity (Wildman–Crippen MR) is 123 cm³/mol. The van der Waals surface area contributed by atoms with E-state index in [0.29, 0.717) is 5.13 Å². The van der Waals surface area contributed by atoms with Crippen molar-refractivity contribution in [3.8, 4) is 10.4 Å². The Hall–Kier alpha value is -2.95. The molecule has 0 aliphatic carbocycles. The summed E-state index contributed by atoms with van der Waals surface area (Å²) in [6, 6.07) is 18.0. The number of thiophene rings is 1. The van der Waals surface area contributed by atoms with E-state index in [1.54, 1.807) is 12.1 Å². The van der Waals surface area contributed by atoms with Crippen LogP contribution in [-0.4, -0.2) is 19.3 Å². The molecule has 7 nitrogen and oxygen atoms in total. The molecule has 0 aliphatic rings. The van der Waals surface area contributed by atoms with Gasteiger partial charge in [0, 0.05) is 16.7 Å². The van der Waals surface area contributed by atoms with Gasteiger partial charge in [-0.15, -0.1) is 16.5 Å². The number of nitrogens with zero attached hydrogens (tertiary/aromatic N) is 3. The van der Waals surface area contributed by atoms with Crippen molar-refractivity contribution in [1.29, 1.82) is 0 Å². The molecule has 1 amide bonds. The first-order valence-electron chi connectivity index (χ1n) is 9.32. The van der Waals surface area contributed by atoms with E-state index in [1.807, 2.05) is 54.1 Å². The van der Waals surface area contributed by atoms with Crippen LogP contribution in [-0.2, 0) is 14.8 Å². The van der Waals surface area contributed by atoms with Gasteiger partial charge in [-0.3, -0.25) is 4.79 Å². The Bertz CT molecular complexity index is 1360. The number of carbonyl (C=O) groups excluding carboxylic acids is 1. The number of thiazole rings is 1. The number of para-hydroxylation sites is 1. The fraction of sp³-hybridized carbons (Fsp3) is 0.143. The minimum absolute atomic E-state index is 0.0405. The molecular weight excluding hydrogens is 452 g/mol. The molecule has 31 heavy (non-hydrogen) atoms. The zero-order valence-corrected chi connectivity index (χ0v) is 19.1. The first-order valence-corrected chi connectivity index (χ1v) is 12.4. The molecule has 158 valence electrons. The SMILES string of the molecule is CC(=O)NS(=O)(=O)c1cccc(-c2ccc(C(C)N=Nc3nc4ccccc4s3)s2)c1. The second-order valence-corrected chi connectivity index (χ2v) is 10.6. The van der Waals surface area contributed by atoms with E-state index in [0.717, 1.165) is 32.5 Å². The molecule has 2 aromatic carbocycles. The van der Waals surface area contributed by atoms with Crippen molar-refractivity contribution < 1.29 is 13.2 Å². The highest BCUT2D eigenvalue weighted by atomic mass is 32.2. The van der Waals surface area contributed by atoms with Gasteiger partial charge in [0.15, 0.2) is 0 Å². The molecule has 0 fully saturated rings. The molecule has 0 aliphatic heterocycles. The molecule has 10 heteroatoms. The van der Waals surface area contributed by atoms with Crippen LogP contribution in [0.5, 0.6) is 0 Å². The Labute approximate surface area is 187 Å². The van der Waals surface area contributed by atoms with Crippen molar-refractivity contribution in [2.45, 2.75) is 24.8 Å². The third-order valence-electron chi connectivity index (χ3n) is 4.34. The predicted octanol–water partition coefficient (Wildman–Crippen LogP) is 5.69. The van der Waals surface area contributed by atoms with E-state index in [2.05, 4.69) is 15.2 Å². The first kappa shape index (κ1) is 21.3. The summed E-state index contributed by atoms with van der Waals surface area (Å²) < 4.78 is 27.6. The van der Waals surface area contributed by atoms with Crippen molar-refractivity contribution in [2.75, 3.05) is 0 Å². The van der Waals surface area contributed by atoms with Gasteiger partial charge in [-0.2, -0.15) is 5.11 Å². The number of aromatic nitrogens is 1. The van der Waals surface area contributed by atoms with Gasteiger partial charge in [-0.1, -0.05) is 35.6 Å². The van der Waals surface area contributed by atoms with Gasteiger partial charge in [0.05, 0.1) is 15.1 Å². The van der Waals surface area contributed by atoms with Gasteiger partial charge in [0.2, 0.25) is 11.0 Å². The summed E-state index contributed by atoms with van der Waals surface area (Å²) in [5, 5.41) is 9.30. The number of benzene rings is 2. The van der Waals surface area contributed by atoms with Gasteiger partial charge in [-0.05, 0) is 48.9 Å². The van der Waals surface area contributed by atoms with Gasteiger partial charge < -0.3 is 0 Å². The summed E-state index contributed by atoms with van der Waals surface area (Å²) in [7, 11) is -3.88. The topological polar surface area (TPSA) is 101 Å². The molecule has 2 aromatic heterocycles. The van der Waals surface area contributed by atoms with E-state index in [9.17, 15) is 13.2 Å². The highest BCUT2D eigenvalue weighted by Crippen LogP contribution is 2.35. The summed E-state index contributed by atoms with van der Waals surface area (Å²) >= 11 is 3.00. The molecule has 4 aromatic rings. The number of azo groups is 1. The fourth-order valence-corrected chi connectivity index (χ4v) is 5.71. The summed E-state index contributed by atoms with van der Waals surface area (Å²) in [5.74, 6) is -0.629. The van der Waals surface area contributed by atoms with Crippen molar-refractivity contribution in [1.82, 2.24) is 9.71 Å². The molecule has 0 saturated heterocycles. The lowest BCUT2D eigenvalue weighted by Crippen LogP contribution is -2.28. The molecule has 0 spiro atoms. The van der Waals surface area contributed by atoms with Crippen LogP contribution < -0.4 is 4.72 Å². The lowest BCUT2D eigenvalue weighted by atomic mass is 10.2. The molecule has 0 bridgehead atoms. The van der Waals surface area contributed by atoms with E-state index in [1.165, 1.54) is 28.7 Å². The maximum atomic E-state index is 12.3. The average Bonchev–Trinajstić information content (AvgIpc) is 3.38. The van der Waals surface area contributed by atoms with Crippen LogP contribution in [0.2, 0.25) is 0 Å². The minimum atomic E-state index is -3.88. The quantitative estimate of drug-likeness (QED) is 0.366. The third-order valence-corrected chi connectivity index (χ3v) is 8.00. The monoisotopic (exact) mass is 470 g/mol. The van der Waals surface area contributed by atoms with Crippen molar-refractivity contribution >= 4 is 54.0 Å². The normalized spacial score (nSPS) is 13.0. The number of sulfonamides is 1. The van der Waals surface area contributed by atoms with Gasteiger partial charge in [0.25, 0.3) is 10.0 Å². The molecule has 1 unspecified atom stereocenters. The maximum absolute atomic E-state index is 12.3. The van der Waals surface area contributed by atoms with Crippen molar-refractivity contribution in [2.24, 2.45) is 10.2 Å². The van der Waals surface area contributed by atoms with Crippen LogP contribution in [0.3, 0.4) is 0 Å². The number of fused-ring (bicyclic) bond motifs is 1. The van der Waals surface area contributed by atoms with E-state index in [4.69, 9.17) is 0 Å². The molecule has 1 N–H and O–H groups in total. The largest absolute Gasteiger partial charge is 0.274 e. The standard InChI is InChI=1S/C21H18N4O3S3/c1-13(23-24-21-22-17-8-3-4-9-20(17)30-21)18-10-11-19(29-18)15-6-5-7-16(12-15)31(27,28)25-14(2)26/h3-13H,1-2H3,(H,25,26). The van der Waals surface area contributed by atoms with Crippen LogP contribution in [0.1, 0.15) is 24.8 Å². The lowest BCUT2D eigenvalue weighted by molar-refractivity contribution is -0.117. The Kier molecular flexibility index (Phi) is 5.94. The molecule has 0 saturated carbocycles. The second kappa shape index (κ2) is 8.66. The highest BCUT2D eigenvalue weighted by Gasteiger charge is 2.17. The van der Waals surface area contributed by atoms with Gasteiger partial charge in [0.1, 0.15) is 6.04 Å². The number of hydrogen-bond acceptors (Lipinski definition) is 8. The molecule has 4 rings (SSSR count). The van der Waals surface area contributed by atoms with E-state index in [-0.39, 0.29) is 10.9 Å². The van der Waals surface area contributed by atoms with Crippen LogP contribution >= 0.6 is 22.7 Å². The van der Waals surface area contributed by atoms with E-state index < -0.39 is 15.9 Å². The van der Waals surface area contributed by atoms with E-state index >= 15 is 0 Å². The smallest absolute Gasteiger partial charge is 0.264 e. The van der Waals surface area contributed by atoms with Crippen LogP contribution in [0.15, 0.2) is 75.8 Å². The number of rotatable bonds is 6. The van der Waals surface area contributed by atoms with Crippen LogP contribution in [0.25, 0.3) is 20.7 Å². The van der Waals surface area contributed by atoms with Crippen molar-refractivity contribution in [3.05, 3.63) is 65.5 Å². The molecule has 2 heterocycles. The Balaban J connectivity index is 1.54. The Morgan fingerprint density at radius 3 is 2.65 bits per heavy atom. The molecular formula is C21H18N4O3S3. The zero-order valence-electron chi connectivity index (χ0n) is 16.6. The summed E-state index contributed by atoms with van der Waals surface area (Å²) in [4.78, 5) is 17.6. The zero-order chi connectivity index (χ0) is 22.0. The third kappa shape index (κ3) is 4.87. The maximum Gasteiger partial charge on any atom is 0.264 e. The number of amides is 1. The summed E-state index contributed by atoms with van der Waals surface area (Å²) in [6.45, 7) is 3.11. The summed E-state index contributed by atoms with van der Waals surface area (Å²) in [5.41, 5.74) is 1.65. The molecule has 0 radical (unpaired) electrons. The Morgan fingerprint density at radius 1 is 1.06 bits per heavy atom. The number of hydrogen-bond donors (Lipinski definition) is 1. The minimum Gasteiger partial charge on any atom is -0.274 e. The van der Waals surface area contributed by atoms with Gasteiger partial charge >= 0.3 is 0 Å². The number of nitrogens with one attached hydrogen (secondary N) is 1. The van der Waals surface area contributed by atoms with Crippen LogP contribution in [0.4, 0.5) is 5.13 Å². The molecule has 1 atom stereocenters. The number of carbonyl (C=O) groups is 1. The highest BCUT2D eigenvalue weighted by molar-refractivity contribution is 7.90. The first-order chi connectivity index (χ1) is 14.8. The van der Waals surface area contributed by atoms with Gasteiger partial charge in [-0.25, -0.2) is 18.1 Å². The lowest BCUT2D eigenvalue weighted by Gasteiger charge is -2.06. The summed E-state index contributed by atoms with van der Waals surface area (Å²) in [6.07, 6.45) is 0. The van der Waals surface area contributed by atoms with Crippen LogP contribution in [0, 0.1) is 0 Å². The second-order valence-electron chi connectivity index (χ2n) is 6.75.